The van der Waals surface area contributed by atoms with Crippen LogP contribution in [-0.2, 0) is 0 Å². The number of benzene rings is 2. The van der Waals surface area contributed by atoms with Gasteiger partial charge in [0.15, 0.2) is 5.76 Å². The second-order valence-electron chi connectivity index (χ2n) is 5.00. The molecule has 0 fully saturated rings. The highest BCUT2D eigenvalue weighted by Crippen LogP contribution is 2.31. The number of carbonyl (C=O) groups excluding carboxylic acids is 1. The number of nitrogens with one attached hydrogen (secondary N) is 1. The summed E-state index contributed by atoms with van der Waals surface area (Å²) >= 11 is 9.40. The third kappa shape index (κ3) is 3.07. The zero-order valence-corrected chi connectivity index (χ0v) is 14.8. The Morgan fingerprint density at radius 3 is 2.78 bits per heavy atom. The Morgan fingerprint density at radius 1 is 1.26 bits per heavy atom. The van der Waals surface area contributed by atoms with E-state index in [1.807, 2.05) is 25.1 Å². The monoisotopic (exact) mass is 393 g/mol. The maximum absolute atomic E-state index is 12.6. The van der Waals surface area contributed by atoms with Gasteiger partial charge in [0.2, 0.25) is 0 Å². The van der Waals surface area contributed by atoms with Crippen LogP contribution in [0.2, 0.25) is 5.02 Å². The topological polar surface area (TPSA) is 51.5 Å². The van der Waals surface area contributed by atoms with E-state index in [4.69, 9.17) is 20.8 Å². The minimum absolute atomic E-state index is 0.264. The standard InChI is InChI=1S/C17H13BrClNO3/c1-9-12-7-10(18)3-5-14(12)23-16(9)17(21)20-13-8-11(19)4-6-15(13)22-2/h3-8H,1-2H3,(H,20,21). The van der Waals surface area contributed by atoms with Crippen molar-refractivity contribution >= 4 is 50.1 Å². The van der Waals surface area contributed by atoms with E-state index in [0.717, 1.165) is 15.4 Å². The Kier molecular flexibility index (Phi) is 4.33. The van der Waals surface area contributed by atoms with E-state index in [1.165, 1.54) is 7.11 Å². The molecule has 3 aromatic rings. The second kappa shape index (κ2) is 6.26. The molecule has 4 nitrogen and oxygen atoms in total. The number of carbonyl (C=O) groups is 1. The van der Waals surface area contributed by atoms with Gasteiger partial charge in [-0.1, -0.05) is 27.5 Å². The Morgan fingerprint density at radius 2 is 2.04 bits per heavy atom. The van der Waals surface area contributed by atoms with E-state index in [-0.39, 0.29) is 11.7 Å². The number of rotatable bonds is 3. The van der Waals surface area contributed by atoms with E-state index < -0.39 is 0 Å². The fourth-order valence-electron chi connectivity index (χ4n) is 2.37. The van der Waals surface area contributed by atoms with Gasteiger partial charge in [0.25, 0.3) is 5.91 Å². The number of ether oxygens (including phenoxy) is 1. The molecule has 0 atom stereocenters. The molecule has 23 heavy (non-hydrogen) atoms. The van der Waals surface area contributed by atoms with Crippen molar-refractivity contribution in [3.8, 4) is 5.75 Å². The molecular weight excluding hydrogens is 382 g/mol. The number of methoxy groups -OCH3 is 1. The van der Waals surface area contributed by atoms with Crippen molar-refractivity contribution < 1.29 is 13.9 Å². The summed E-state index contributed by atoms with van der Waals surface area (Å²) in [5, 5.41) is 4.18. The first-order valence-corrected chi connectivity index (χ1v) is 8.00. The van der Waals surface area contributed by atoms with Crippen molar-refractivity contribution in [2.45, 2.75) is 6.92 Å². The Hall–Kier alpha value is -1.98. The molecule has 2 aromatic carbocycles. The molecule has 0 bridgehead atoms. The second-order valence-corrected chi connectivity index (χ2v) is 6.35. The molecule has 0 saturated heterocycles. The number of halogens is 2. The van der Waals surface area contributed by atoms with Gasteiger partial charge in [0.05, 0.1) is 12.8 Å². The lowest BCUT2D eigenvalue weighted by molar-refractivity contribution is 0.0997. The smallest absolute Gasteiger partial charge is 0.291 e. The summed E-state index contributed by atoms with van der Waals surface area (Å²) in [6.07, 6.45) is 0. The molecule has 1 heterocycles. The van der Waals surface area contributed by atoms with Gasteiger partial charge in [-0.15, -0.1) is 0 Å². The first kappa shape index (κ1) is 15.9. The molecule has 3 rings (SSSR count). The number of furan rings is 1. The lowest BCUT2D eigenvalue weighted by atomic mass is 10.1. The van der Waals surface area contributed by atoms with Gasteiger partial charge in [0, 0.05) is 20.4 Å². The summed E-state index contributed by atoms with van der Waals surface area (Å²) in [7, 11) is 1.53. The van der Waals surface area contributed by atoms with Gasteiger partial charge in [-0.05, 0) is 43.3 Å². The van der Waals surface area contributed by atoms with E-state index in [1.54, 1.807) is 18.2 Å². The minimum Gasteiger partial charge on any atom is -0.495 e. The number of anilines is 1. The van der Waals surface area contributed by atoms with Crippen LogP contribution in [0.15, 0.2) is 45.3 Å². The summed E-state index contributed by atoms with van der Waals surface area (Å²) < 4.78 is 11.8. The summed E-state index contributed by atoms with van der Waals surface area (Å²) in [6, 6.07) is 10.6. The SMILES string of the molecule is COc1ccc(Cl)cc1NC(=O)c1oc2ccc(Br)cc2c1C. The first-order valence-electron chi connectivity index (χ1n) is 6.83. The molecule has 0 saturated carbocycles. The summed E-state index contributed by atoms with van der Waals surface area (Å²) in [5.74, 6) is 0.440. The molecule has 0 aliphatic heterocycles. The highest BCUT2D eigenvalue weighted by Gasteiger charge is 2.19. The molecule has 1 amide bonds. The largest absolute Gasteiger partial charge is 0.495 e. The fraction of sp³-hybridized carbons (Fsp3) is 0.118. The highest BCUT2D eigenvalue weighted by molar-refractivity contribution is 9.10. The lowest BCUT2D eigenvalue weighted by Crippen LogP contribution is -2.12. The normalized spacial score (nSPS) is 10.8. The average molecular weight is 395 g/mol. The Balaban J connectivity index is 1.98. The highest BCUT2D eigenvalue weighted by atomic mass is 79.9. The van der Waals surface area contributed by atoms with Gasteiger partial charge in [-0.2, -0.15) is 0 Å². The maximum atomic E-state index is 12.6. The van der Waals surface area contributed by atoms with Crippen molar-refractivity contribution in [1.82, 2.24) is 0 Å². The molecule has 0 spiro atoms. The number of amides is 1. The van der Waals surface area contributed by atoms with Crippen LogP contribution in [0.3, 0.4) is 0 Å². The maximum Gasteiger partial charge on any atom is 0.291 e. The van der Waals surface area contributed by atoms with Crippen molar-refractivity contribution in [3.63, 3.8) is 0 Å². The van der Waals surface area contributed by atoms with E-state index in [0.29, 0.717) is 22.0 Å². The van der Waals surface area contributed by atoms with Crippen LogP contribution in [0.25, 0.3) is 11.0 Å². The van der Waals surface area contributed by atoms with Gasteiger partial charge < -0.3 is 14.5 Å². The zero-order chi connectivity index (χ0) is 16.6. The molecule has 118 valence electrons. The van der Waals surface area contributed by atoms with Gasteiger partial charge in [-0.25, -0.2) is 0 Å². The van der Waals surface area contributed by atoms with Crippen LogP contribution in [0.4, 0.5) is 5.69 Å². The predicted molar refractivity (Wildman–Crippen MR) is 94.6 cm³/mol. The molecule has 0 aliphatic rings. The van der Waals surface area contributed by atoms with Gasteiger partial charge >= 0.3 is 0 Å². The number of aryl methyl sites for hydroxylation is 1. The number of fused-ring (bicyclic) bond motifs is 1. The van der Waals surface area contributed by atoms with Crippen molar-refractivity contribution in [2.75, 3.05) is 12.4 Å². The van der Waals surface area contributed by atoms with Crippen LogP contribution in [0.1, 0.15) is 16.1 Å². The van der Waals surface area contributed by atoms with Crippen LogP contribution in [0, 0.1) is 6.92 Å². The van der Waals surface area contributed by atoms with E-state index in [9.17, 15) is 4.79 Å². The van der Waals surface area contributed by atoms with Crippen molar-refractivity contribution in [2.24, 2.45) is 0 Å². The number of hydrogen-bond acceptors (Lipinski definition) is 3. The summed E-state index contributed by atoms with van der Waals surface area (Å²) in [6.45, 7) is 1.85. The third-order valence-corrected chi connectivity index (χ3v) is 4.24. The molecule has 6 heteroatoms. The lowest BCUT2D eigenvalue weighted by Gasteiger charge is -2.09. The molecule has 1 N–H and O–H groups in total. The third-order valence-electron chi connectivity index (χ3n) is 3.51. The molecule has 1 aromatic heterocycles. The van der Waals surface area contributed by atoms with Crippen molar-refractivity contribution in [1.29, 1.82) is 0 Å². The van der Waals surface area contributed by atoms with E-state index in [2.05, 4.69) is 21.2 Å². The van der Waals surface area contributed by atoms with Crippen molar-refractivity contribution in [3.05, 3.63) is 57.2 Å². The van der Waals surface area contributed by atoms with E-state index >= 15 is 0 Å². The van der Waals surface area contributed by atoms with Crippen LogP contribution in [0.5, 0.6) is 5.75 Å². The minimum atomic E-state index is -0.351. The summed E-state index contributed by atoms with van der Waals surface area (Å²) in [4.78, 5) is 12.6. The predicted octanol–water partition coefficient (Wildman–Crippen LogP) is 5.42. The molecule has 0 radical (unpaired) electrons. The van der Waals surface area contributed by atoms with Gasteiger partial charge in [0.1, 0.15) is 11.3 Å². The molecule has 0 unspecified atom stereocenters. The van der Waals surface area contributed by atoms with Crippen LogP contribution >= 0.6 is 27.5 Å². The Labute approximate surface area is 146 Å². The first-order chi connectivity index (χ1) is 11.0. The van der Waals surface area contributed by atoms with Gasteiger partial charge in [-0.3, -0.25) is 4.79 Å². The quantitative estimate of drug-likeness (QED) is 0.645. The number of hydrogen-bond donors (Lipinski definition) is 1. The molecule has 0 aliphatic carbocycles. The zero-order valence-electron chi connectivity index (χ0n) is 12.4. The molecular formula is C17H13BrClNO3. The summed E-state index contributed by atoms with van der Waals surface area (Å²) in [5.41, 5.74) is 1.93. The average Bonchev–Trinajstić information content (AvgIpc) is 2.84. The van der Waals surface area contributed by atoms with Crippen LogP contribution < -0.4 is 10.1 Å². The Bertz CT molecular complexity index is 904. The fourth-order valence-corrected chi connectivity index (χ4v) is 2.90. The van der Waals surface area contributed by atoms with Crippen LogP contribution in [-0.4, -0.2) is 13.0 Å².